The second kappa shape index (κ2) is 31.9. The number of hydrogen-bond donors (Lipinski definition) is 3. The van der Waals surface area contributed by atoms with Crippen molar-refractivity contribution in [2.45, 2.75) is 180 Å². The van der Waals surface area contributed by atoms with Crippen LogP contribution < -0.4 is 5.32 Å². The van der Waals surface area contributed by atoms with E-state index in [4.69, 9.17) is 9.05 Å². The van der Waals surface area contributed by atoms with E-state index in [0.717, 1.165) is 51.4 Å². The maximum atomic E-state index is 12.8. The van der Waals surface area contributed by atoms with Crippen molar-refractivity contribution in [2.75, 3.05) is 40.9 Å². The van der Waals surface area contributed by atoms with Crippen LogP contribution in [0.4, 0.5) is 0 Å². The number of quaternary nitrogens is 1. The van der Waals surface area contributed by atoms with Gasteiger partial charge in [-0.2, -0.15) is 0 Å². The Hall–Kier alpha value is -1.02. The highest BCUT2D eigenvalue weighted by atomic mass is 31.2. The summed E-state index contributed by atoms with van der Waals surface area (Å²) in [6.45, 7) is 4.77. The first kappa shape index (κ1) is 47.0. The fourth-order valence-electron chi connectivity index (χ4n) is 5.45. The lowest BCUT2D eigenvalue weighted by atomic mass is 10.1. The second-order valence-electron chi connectivity index (χ2n) is 14.7. The number of aliphatic hydroxyl groups excluding tert-OH is 1. The smallest absolute Gasteiger partial charge is 0.387 e. The highest BCUT2D eigenvalue weighted by molar-refractivity contribution is 7.47. The summed E-state index contributed by atoms with van der Waals surface area (Å²) in [4.78, 5) is 23.0. The minimum absolute atomic E-state index is 0.0605. The standard InChI is InChI=1S/C39H77N2O6P/c1-6-8-10-12-14-16-18-19-20-21-23-25-27-29-31-33-39(43)40-37(36-47-48(44,45)46-35-34-41(3,4)5)38(42)32-30-28-26-24-22-17-15-13-11-9-7-2/h19-20,30,32,37-38,42H,6-18,21-29,31,33-36H2,1-5H3,(H-,40,43,44,45)/p+1/b20-19+,32-30+/t37-,38+/m0/s1. The molecule has 1 amide bonds. The number of rotatable bonds is 35. The largest absolute Gasteiger partial charge is 0.472 e. The Kier molecular flexibility index (Phi) is 31.2. The Morgan fingerprint density at radius 1 is 0.688 bits per heavy atom. The van der Waals surface area contributed by atoms with Gasteiger partial charge in [0.15, 0.2) is 0 Å². The molecule has 0 spiro atoms. The SMILES string of the molecule is CCCCCCCC/C=C/CCCCCCCC(=O)N[C@@H](COP(=O)(O)OCC[N+](C)(C)C)[C@H](O)/C=C/CCCCCCCCCCC. The van der Waals surface area contributed by atoms with E-state index in [1.165, 1.54) is 96.3 Å². The first-order chi connectivity index (χ1) is 23.0. The predicted octanol–water partition coefficient (Wildman–Crippen LogP) is 10.2. The van der Waals surface area contributed by atoms with Gasteiger partial charge in [-0.3, -0.25) is 13.8 Å². The van der Waals surface area contributed by atoms with Gasteiger partial charge in [-0.1, -0.05) is 141 Å². The molecule has 0 aliphatic rings. The van der Waals surface area contributed by atoms with Gasteiger partial charge in [0.05, 0.1) is 39.9 Å². The summed E-state index contributed by atoms with van der Waals surface area (Å²) in [6, 6.07) is -0.845. The van der Waals surface area contributed by atoms with Crippen molar-refractivity contribution >= 4 is 13.7 Å². The van der Waals surface area contributed by atoms with E-state index in [1.54, 1.807) is 6.08 Å². The van der Waals surface area contributed by atoms with Gasteiger partial charge in [-0.05, 0) is 44.9 Å². The monoisotopic (exact) mass is 702 g/mol. The lowest BCUT2D eigenvalue weighted by Crippen LogP contribution is -2.45. The normalized spacial score (nSPS) is 14.9. The van der Waals surface area contributed by atoms with E-state index in [2.05, 4.69) is 31.3 Å². The molecule has 0 saturated carbocycles. The molecule has 1 unspecified atom stereocenters. The zero-order valence-corrected chi connectivity index (χ0v) is 32.9. The summed E-state index contributed by atoms with van der Waals surface area (Å²) in [5.74, 6) is -0.189. The zero-order valence-electron chi connectivity index (χ0n) is 32.0. The fourth-order valence-corrected chi connectivity index (χ4v) is 6.18. The lowest BCUT2D eigenvalue weighted by molar-refractivity contribution is -0.870. The topological polar surface area (TPSA) is 105 Å². The lowest BCUT2D eigenvalue weighted by Gasteiger charge is -2.25. The van der Waals surface area contributed by atoms with Crippen molar-refractivity contribution < 1.29 is 32.9 Å². The highest BCUT2D eigenvalue weighted by Gasteiger charge is 2.27. The molecule has 0 aromatic carbocycles. The molecule has 0 aliphatic heterocycles. The number of phosphoric acid groups is 1. The molecule has 0 aromatic rings. The molecule has 0 saturated heterocycles. The minimum atomic E-state index is -4.33. The van der Waals surface area contributed by atoms with E-state index < -0.39 is 20.0 Å². The number of unbranched alkanes of at least 4 members (excludes halogenated alkanes) is 20. The number of nitrogens with zero attached hydrogens (tertiary/aromatic N) is 1. The Morgan fingerprint density at radius 2 is 1.12 bits per heavy atom. The van der Waals surface area contributed by atoms with E-state index in [1.807, 2.05) is 27.2 Å². The third-order valence-corrected chi connectivity index (χ3v) is 9.65. The van der Waals surface area contributed by atoms with Gasteiger partial charge >= 0.3 is 7.82 Å². The minimum Gasteiger partial charge on any atom is -0.387 e. The zero-order chi connectivity index (χ0) is 35.8. The number of nitrogens with one attached hydrogen (secondary N) is 1. The predicted molar refractivity (Wildman–Crippen MR) is 203 cm³/mol. The Morgan fingerprint density at radius 3 is 1.60 bits per heavy atom. The summed E-state index contributed by atoms with van der Waals surface area (Å²) < 4.78 is 23.4. The molecule has 0 rings (SSSR count). The van der Waals surface area contributed by atoms with Crippen LogP contribution in [0.25, 0.3) is 0 Å². The van der Waals surface area contributed by atoms with E-state index >= 15 is 0 Å². The molecule has 8 nitrogen and oxygen atoms in total. The molecule has 3 atom stereocenters. The molecular weight excluding hydrogens is 623 g/mol. The Labute approximate surface area is 296 Å². The average Bonchev–Trinajstić information content (AvgIpc) is 3.02. The van der Waals surface area contributed by atoms with Crippen LogP contribution in [0.1, 0.15) is 168 Å². The van der Waals surface area contributed by atoms with Crippen molar-refractivity contribution in [1.29, 1.82) is 0 Å². The van der Waals surface area contributed by atoms with Crippen LogP contribution in [0.3, 0.4) is 0 Å². The quantitative estimate of drug-likeness (QED) is 0.0263. The van der Waals surface area contributed by atoms with Crippen molar-refractivity contribution in [2.24, 2.45) is 0 Å². The van der Waals surface area contributed by atoms with Crippen LogP contribution in [0, 0.1) is 0 Å². The number of allylic oxidation sites excluding steroid dienone is 3. The number of amides is 1. The van der Waals surface area contributed by atoms with Gasteiger partial charge < -0.3 is 19.8 Å². The Balaban J connectivity index is 4.51. The summed E-state index contributed by atoms with van der Waals surface area (Å²) in [5, 5.41) is 13.7. The van der Waals surface area contributed by atoms with Gasteiger partial charge in [-0.25, -0.2) is 4.57 Å². The summed E-state index contributed by atoms with van der Waals surface area (Å²) in [5.41, 5.74) is 0. The van der Waals surface area contributed by atoms with Crippen LogP contribution in [0.5, 0.6) is 0 Å². The molecule has 3 N–H and O–H groups in total. The highest BCUT2D eigenvalue weighted by Crippen LogP contribution is 2.43. The molecule has 9 heteroatoms. The number of aliphatic hydroxyl groups is 1. The van der Waals surface area contributed by atoms with Crippen molar-refractivity contribution in [1.82, 2.24) is 5.32 Å². The molecule has 0 aromatic heterocycles. The third kappa shape index (κ3) is 33.5. The second-order valence-corrected chi connectivity index (χ2v) is 16.1. The van der Waals surface area contributed by atoms with Gasteiger partial charge in [0.25, 0.3) is 0 Å². The molecule has 0 heterocycles. The van der Waals surface area contributed by atoms with Gasteiger partial charge in [0.1, 0.15) is 13.2 Å². The number of carbonyl (C=O) groups is 1. The first-order valence-corrected chi connectivity index (χ1v) is 21.2. The van der Waals surface area contributed by atoms with Gasteiger partial charge in [0, 0.05) is 6.42 Å². The van der Waals surface area contributed by atoms with E-state index in [0.29, 0.717) is 17.4 Å². The molecule has 0 radical (unpaired) electrons. The van der Waals surface area contributed by atoms with Crippen molar-refractivity contribution in [3.63, 3.8) is 0 Å². The summed E-state index contributed by atoms with van der Waals surface area (Å²) >= 11 is 0. The van der Waals surface area contributed by atoms with E-state index in [-0.39, 0.29) is 19.1 Å². The van der Waals surface area contributed by atoms with Crippen LogP contribution in [0.15, 0.2) is 24.3 Å². The molecule has 48 heavy (non-hydrogen) atoms. The third-order valence-electron chi connectivity index (χ3n) is 8.67. The molecule has 0 aliphatic carbocycles. The number of carbonyl (C=O) groups excluding carboxylic acids is 1. The van der Waals surface area contributed by atoms with Crippen LogP contribution >= 0.6 is 7.82 Å². The van der Waals surface area contributed by atoms with Gasteiger partial charge in [0.2, 0.25) is 5.91 Å². The maximum Gasteiger partial charge on any atom is 0.472 e. The summed E-state index contributed by atoms with van der Waals surface area (Å²) in [7, 11) is 1.56. The number of hydrogen-bond acceptors (Lipinski definition) is 5. The maximum absolute atomic E-state index is 12.8. The van der Waals surface area contributed by atoms with Crippen LogP contribution in [0.2, 0.25) is 0 Å². The molecule has 0 bridgehead atoms. The van der Waals surface area contributed by atoms with Crippen molar-refractivity contribution in [3.8, 4) is 0 Å². The van der Waals surface area contributed by atoms with E-state index in [9.17, 15) is 19.4 Å². The molecular formula is C39H78N2O6P+. The van der Waals surface area contributed by atoms with Gasteiger partial charge in [-0.15, -0.1) is 0 Å². The molecule has 284 valence electrons. The number of phosphoric ester groups is 1. The fraction of sp³-hybridized carbons (Fsp3) is 0.872. The summed E-state index contributed by atoms with van der Waals surface area (Å²) in [6.07, 6.45) is 35.2. The van der Waals surface area contributed by atoms with Crippen LogP contribution in [-0.2, 0) is 18.4 Å². The number of likely N-dealkylation sites (N-methyl/N-ethyl adjacent to an activating group) is 1. The van der Waals surface area contributed by atoms with Crippen LogP contribution in [-0.4, -0.2) is 73.4 Å². The Bertz CT molecular complexity index is 845. The molecule has 0 fully saturated rings. The van der Waals surface area contributed by atoms with Crippen molar-refractivity contribution in [3.05, 3.63) is 24.3 Å². The first-order valence-electron chi connectivity index (χ1n) is 19.7. The average molecular weight is 702 g/mol.